The molecule has 262 valence electrons. The van der Waals surface area contributed by atoms with Crippen molar-refractivity contribution in [3.63, 3.8) is 0 Å². The lowest BCUT2D eigenvalue weighted by molar-refractivity contribution is 0.667. The number of rotatable bonds is 6. The van der Waals surface area contributed by atoms with Gasteiger partial charge in [0.1, 0.15) is 16.8 Å². The molecule has 0 aliphatic rings. The summed E-state index contributed by atoms with van der Waals surface area (Å²) in [6, 6.07) is 61.6. The molecule has 0 fully saturated rings. The minimum Gasteiger partial charge on any atom is -0.452 e. The first kappa shape index (κ1) is 31.7. The number of fused-ring (bicyclic) bond motifs is 6. The Bertz CT molecular complexity index is 3140. The lowest BCUT2D eigenvalue weighted by atomic mass is 10.0. The first-order chi connectivity index (χ1) is 27.8. The smallest absolute Gasteiger partial charge is 0.180 e. The average Bonchev–Trinajstić information content (AvgIpc) is 3.82. The summed E-state index contributed by atoms with van der Waals surface area (Å²) in [6.07, 6.45) is 0. The SMILES string of the molecule is c1ccc(-c2nc(-c3ccccc3)nc(-c3cc(-c4nc(-c5ccccc5)c5oc6ccccc6c5n4)ccc3-n3c4ccccc4c4ccccc43)n2)cc1. The minimum absolute atomic E-state index is 0.537. The number of nitrogens with zero attached hydrogens (tertiary/aromatic N) is 6. The Labute approximate surface area is 321 Å². The van der Waals surface area contributed by atoms with Crippen molar-refractivity contribution in [1.29, 1.82) is 0 Å². The number of para-hydroxylation sites is 3. The van der Waals surface area contributed by atoms with Gasteiger partial charge in [-0.15, -0.1) is 0 Å². The molecule has 0 unspecified atom stereocenters. The summed E-state index contributed by atoms with van der Waals surface area (Å²) in [6.45, 7) is 0. The van der Waals surface area contributed by atoms with Gasteiger partial charge in [-0.2, -0.15) is 0 Å². The molecule has 4 aromatic heterocycles. The van der Waals surface area contributed by atoms with Crippen molar-refractivity contribution in [3.8, 4) is 62.5 Å². The highest BCUT2D eigenvalue weighted by Gasteiger charge is 2.23. The molecule has 0 aliphatic carbocycles. The van der Waals surface area contributed by atoms with E-state index >= 15 is 0 Å². The van der Waals surface area contributed by atoms with Gasteiger partial charge in [0.25, 0.3) is 0 Å². The molecule has 7 heteroatoms. The third-order valence-corrected chi connectivity index (χ3v) is 10.3. The van der Waals surface area contributed by atoms with Crippen molar-refractivity contribution in [1.82, 2.24) is 29.5 Å². The highest BCUT2D eigenvalue weighted by atomic mass is 16.3. The number of furan rings is 1. The van der Waals surface area contributed by atoms with E-state index in [2.05, 4.69) is 83.4 Å². The van der Waals surface area contributed by atoms with Crippen LogP contribution in [0.1, 0.15) is 0 Å². The van der Waals surface area contributed by atoms with Gasteiger partial charge in [0.15, 0.2) is 28.9 Å². The lowest BCUT2D eigenvalue weighted by Gasteiger charge is -2.16. The van der Waals surface area contributed by atoms with Gasteiger partial charge in [0.05, 0.1) is 16.7 Å². The van der Waals surface area contributed by atoms with Crippen LogP contribution in [0.5, 0.6) is 0 Å². The van der Waals surface area contributed by atoms with E-state index in [0.717, 1.165) is 77.5 Å². The van der Waals surface area contributed by atoms with Crippen LogP contribution in [0, 0.1) is 0 Å². The van der Waals surface area contributed by atoms with Crippen LogP contribution in [0.4, 0.5) is 0 Å². The van der Waals surface area contributed by atoms with E-state index < -0.39 is 0 Å². The highest BCUT2D eigenvalue weighted by Crippen LogP contribution is 2.40. The summed E-state index contributed by atoms with van der Waals surface area (Å²) in [5.74, 6) is 2.27. The van der Waals surface area contributed by atoms with Crippen LogP contribution in [0.2, 0.25) is 0 Å². The maximum atomic E-state index is 6.43. The Balaban J connectivity index is 1.22. The second kappa shape index (κ2) is 13.0. The third-order valence-electron chi connectivity index (χ3n) is 10.3. The number of aromatic nitrogens is 6. The summed E-state index contributed by atoms with van der Waals surface area (Å²) in [5.41, 5.74) is 10.4. The Hall–Kier alpha value is -7.77. The van der Waals surface area contributed by atoms with Crippen molar-refractivity contribution in [2.45, 2.75) is 0 Å². The van der Waals surface area contributed by atoms with E-state index in [1.165, 1.54) is 0 Å². The summed E-state index contributed by atoms with van der Waals surface area (Å²) in [4.78, 5) is 25.9. The second-order valence-electron chi connectivity index (χ2n) is 13.7. The molecule has 0 saturated heterocycles. The van der Waals surface area contributed by atoms with Crippen molar-refractivity contribution in [2.24, 2.45) is 0 Å². The van der Waals surface area contributed by atoms with Gasteiger partial charge < -0.3 is 8.98 Å². The Morgan fingerprint density at radius 1 is 0.375 bits per heavy atom. The van der Waals surface area contributed by atoms with Gasteiger partial charge in [-0.3, -0.25) is 0 Å². The zero-order valence-electron chi connectivity index (χ0n) is 29.9. The quantitative estimate of drug-likeness (QED) is 0.170. The fourth-order valence-corrected chi connectivity index (χ4v) is 7.67. The molecule has 0 radical (unpaired) electrons. The van der Waals surface area contributed by atoms with Crippen LogP contribution >= 0.6 is 0 Å². The maximum Gasteiger partial charge on any atom is 0.180 e. The van der Waals surface area contributed by atoms with Crippen LogP contribution in [0.25, 0.3) is 106 Å². The van der Waals surface area contributed by atoms with Gasteiger partial charge in [0.2, 0.25) is 0 Å². The molecule has 0 aliphatic heterocycles. The van der Waals surface area contributed by atoms with E-state index in [0.29, 0.717) is 28.9 Å². The van der Waals surface area contributed by atoms with Gasteiger partial charge in [-0.05, 0) is 42.5 Å². The molecule has 0 N–H and O–H groups in total. The molecular formula is C49H30N6O. The second-order valence-corrected chi connectivity index (χ2v) is 13.7. The van der Waals surface area contributed by atoms with Crippen LogP contribution in [0.3, 0.4) is 0 Å². The van der Waals surface area contributed by atoms with Gasteiger partial charge in [-0.1, -0.05) is 140 Å². The van der Waals surface area contributed by atoms with E-state index in [1.54, 1.807) is 0 Å². The first-order valence-electron chi connectivity index (χ1n) is 18.5. The number of benzene rings is 7. The Morgan fingerprint density at radius 3 is 1.50 bits per heavy atom. The molecule has 56 heavy (non-hydrogen) atoms. The molecule has 0 bridgehead atoms. The lowest BCUT2D eigenvalue weighted by Crippen LogP contribution is -2.04. The fraction of sp³-hybridized carbons (Fsp3) is 0. The fourth-order valence-electron chi connectivity index (χ4n) is 7.67. The average molecular weight is 719 g/mol. The Kier molecular flexibility index (Phi) is 7.35. The van der Waals surface area contributed by atoms with Crippen molar-refractivity contribution < 1.29 is 4.42 Å². The van der Waals surface area contributed by atoms with Gasteiger partial charge in [0, 0.05) is 44.0 Å². The predicted octanol–water partition coefficient (Wildman–Crippen LogP) is 12.0. The first-order valence-corrected chi connectivity index (χ1v) is 18.5. The van der Waals surface area contributed by atoms with Crippen LogP contribution in [-0.4, -0.2) is 29.5 Å². The summed E-state index contributed by atoms with van der Waals surface area (Å²) < 4.78 is 8.73. The molecule has 4 heterocycles. The normalized spacial score (nSPS) is 11.6. The van der Waals surface area contributed by atoms with Crippen LogP contribution in [-0.2, 0) is 0 Å². The number of hydrogen-bond donors (Lipinski definition) is 0. The zero-order chi connectivity index (χ0) is 37.0. The largest absolute Gasteiger partial charge is 0.452 e. The molecular weight excluding hydrogens is 689 g/mol. The molecule has 7 aromatic carbocycles. The molecule has 7 nitrogen and oxygen atoms in total. The minimum atomic E-state index is 0.537. The molecule has 0 atom stereocenters. The summed E-state index contributed by atoms with van der Waals surface area (Å²) >= 11 is 0. The Morgan fingerprint density at radius 2 is 0.875 bits per heavy atom. The molecule has 0 spiro atoms. The van der Waals surface area contributed by atoms with Crippen LogP contribution in [0.15, 0.2) is 186 Å². The maximum absolute atomic E-state index is 6.43. The van der Waals surface area contributed by atoms with Crippen molar-refractivity contribution in [3.05, 3.63) is 182 Å². The standard InChI is InChI=1S/C49H30N6O/c1-4-16-31(17-5-1)43-45-44(37-24-12-15-27-42(37)56-45)51-48(50-43)34-28-29-41(55-39-25-13-10-22-35(39)36-23-11-14-26-40(36)55)38(30-34)49-53-46(32-18-6-2-7-19-32)52-47(54-49)33-20-8-3-9-21-33/h1-30H. The molecule has 0 amide bonds. The molecule has 11 rings (SSSR count). The van der Waals surface area contributed by atoms with Crippen molar-refractivity contribution >= 4 is 43.9 Å². The topological polar surface area (TPSA) is 82.5 Å². The third kappa shape index (κ3) is 5.25. The van der Waals surface area contributed by atoms with Crippen LogP contribution < -0.4 is 0 Å². The highest BCUT2D eigenvalue weighted by molar-refractivity contribution is 6.10. The van der Waals surface area contributed by atoms with E-state index in [1.807, 2.05) is 103 Å². The molecule has 11 aromatic rings. The van der Waals surface area contributed by atoms with Gasteiger partial charge in [-0.25, -0.2) is 24.9 Å². The van der Waals surface area contributed by atoms with Gasteiger partial charge >= 0.3 is 0 Å². The number of hydrogen-bond acceptors (Lipinski definition) is 6. The van der Waals surface area contributed by atoms with E-state index in [4.69, 9.17) is 29.3 Å². The monoisotopic (exact) mass is 718 g/mol. The molecule has 0 saturated carbocycles. The zero-order valence-corrected chi connectivity index (χ0v) is 29.9. The predicted molar refractivity (Wildman–Crippen MR) is 224 cm³/mol. The van der Waals surface area contributed by atoms with E-state index in [-0.39, 0.29) is 0 Å². The van der Waals surface area contributed by atoms with E-state index in [9.17, 15) is 0 Å². The van der Waals surface area contributed by atoms with Crippen molar-refractivity contribution in [2.75, 3.05) is 0 Å². The summed E-state index contributed by atoms with van der Waals surface area (Å²) in [7, 11) is 0. The summed E-state index contributed by atoms with van der Waals surface area (Å²) in [5, 5.41) is 3.26.